The molecule has 0 spiro atoms. The summed E-state index contributed by atoms with van der Waals surface area (Å²) in [5, 5.41) is 3.31. The van der Waals surface area contributed by atoms with Gasteiger partial charge in [-0.05, 0) is 43.7 Å². The van der Waals surface area contributed by atoms with E-state index in [2.05, 4.69) is 5.32 Å². The lowest BCUT2D eigenvalue weighted by molar-refractivity contribution is -0.130. The number of amides is 2. The molecule has 1 unspecified atom stereocenters. The Kier molecular flexibility index (Phi) is 7.04. The van der Waals surface area contributed by atoms with Crippen LogP contribution in [0.15, 0.2) is 48.5 Å². The molecule has 138 valence electrons. The van der Waals surface area contributed by atoms with Crippen molar-refractivity contribution in [1.82, 2.24) is 10.2 Å². The molecule has 2 aromatic rings. The van der Waals surface area contributed by atoms with E-state index in [1.807, 2.05) is 26.0 Å². The number of likely N-dealkylation sites (N-methyl/N-ethyl adjacent to an activating group) is 1. The second-order valence-electron chi connectivity index (χ2n) is 5.84. The molecule has 0 bridgehead atoms. The average Bonchev–Trinajstić information content (AvgIpc) is 2.66. The van der Waals surface area contributed by atoms with Gasteiger partial charge in [0.1, 0.15) is 5.75 Å². The van der Waals surface area contributed by atoms with Crippen molar-refractivity contribution in [3.05, 3.63) is 64.7 Å². The maximum atomic E-state index is 12.4. The van der Waals surface area contributed by atoms with Gasteiger partial charge in [-0.2, -0.15) is 0 Å². The summed E-state index contributed by atoms with van der Waals surface area (Å²) in [6.45, 7) is 4.15. The predicted molar refractivity (Wildman–Crippen MR) is 103 cm³/mol. The Balaban J connectivity index is 1.97. The monoisotopic (exact) mass is 374 g/mol. The van der Waals surface area contributed by atoms with Crippen molar-refractivity contribution in [3.63, 3.8) is 0 Å². The standard InChI is InChI=1S/C20H23ClN2O3/c1-4-26-18-8-6-5-7-17(18)20(25)22-13-19(24)23(3)14(2)15-9-11-16(21)12-10-15/h5-12,14H,4,13H2,1-3H3,(H,22,25). The quantitative estimate of drug-likeness (QED) is 0.804. The molecule has 0 aliphatic rings. The Morgan fingerprint density at radius 3 is 2.46 bits per heavy atom. The number of carbonyl (C=O) groups excluding carboxylic acids is 2. The van der Waals surface area contributed by atoms with Crippen LogP contribution in [0.2, 0.25) is 5.02 Å². The van der Waals surface area contributed by atoms with Gasteiger partial charge < -0.3 is 15.0 Å². The normalized spacial score (nSPS) is 11.5. The van der Waals surface area contributed by atoms with Gasteiger partial charge in [0.15, 0.2) is 0 Å². The first-order chi connectivity index (χ1) is 12.4. The van der Waals surface area contributed by atoms with E-state index in [4.69, 9.17) is 16.3 Å². The highest BCUT2D eigenvalue weighted by molar-refractivity contribution is 6.30. The van der Waals surface area contributed by atoms with Gasteiger partial charge in [-0.1, -0.05) is 35.9 Å². The molecular weight excluding hydrogens is 352 g/mol. The van der Waals surface area contributed by atoms with Crippen LogP contribution >= 0.6 is 11.6 Å². The number of hydrogen-bond donors (Lipinski definition) is 1. The van der Waals surface area contributed by atoms with Gasteiger partial charge in [-0.25, -0.2) is 0 Å². The first-order valence-corrected chi connectivity index (χ1v) is 8.83. The molecule has 0 aliphatic heterocycles. The highest BCUT2D eigenvalue weighted by atomic mass is 35.5. The number of hydrogen-bond acceptors (Lipinski definition) is 3. The van der Waals surface area contributed by atoms with Crippen LogP contribution in [0, 0.1) is 0 Å². The second-order valence-corrected chi connectivity index (χ2v) is 6.28. The summed E-state index contributed by atoms with van der Waals surface area (Å²) in [6.07, 6.45) is 0. The van der Waals surface area contributed by atoms with Gasteiger partial charge in [-0.15, -0.1) is 0 Å². The van der Waals surface area contributed by atoms with Crippen molar-refractivity contribution in [3.8, 4) is 5.75 Å². The molecule has 0 fully saturated rings. The highest BCUT2D eigenvalue weighted by Gasteiger charge is 2.19. The first kappa shape index (κ1) is 19.8. The van der Waals surface area contributed by atoms with Crippen LogP contribution in [-0.2, 0) is 4.79 Å². The van der Waals surface area contributed by atoms with Gasteiger partial charge >= 0.3 is 0 Å². The van der Waals surface area contributed by atoms with Gasteiger partial charge in [0, 0.05) is 12.1 Å². The van der Waals surface area contributed by atoms with Crippen LogP contribution < -0.4 is 10.1 Å². The molecule has 1 atom stereocenters. The fraction of sp³-hybridized carbons (Fsp3) is 0.300. The van der Waals surface area contributed by atoms with Crippen LogP contribution in [-0.4, -0.2) is 36.9 Å². The molecule has 0 aromatic heterocycles. The maximum absolute atomic E-state index is 12.4. The molecule has 2 rings (SSSR count). The van der Waals surface area contributed by atoms with E-state index in [1.54, 1.807) is 48.3 Å². The van der Waals surface area contributed by atoms with Crippen LogP contribution in [0.3, 0.4) is 0 Å². The fourth-order valence-electron chi connectivity index (χ4n) is 2.49. The summed E-state index contributed by atoms with van der Waals surface area (Å²) in [5.74, 6) is -0.0209. The molecule has 2 aromatic carbocycles. The maximum Gasteiger partial charge on any atom is 0.255 e. The minimum atomic E-state index is -0.338. The van der Waals surface area contributed by atoms with E-state index in [0.717, 1.165) is 5.56 Å². The minimum Gasteiger partial charge on any atom is -0.493 e. The average molecular weight is 375 g/mol. The first-order valence-electron chi connectivity index (χ1n) is 8.45. The number of benzene rings is 2. The van der Waals surface area contributed by atoms with Crippen molar-refractivity contribution >= 4 is 23.4 Å². The smallest absolute Gasteiger partial charge is 0.255 e. The zero-order chi connectivity index (χ0) is 19.1. The minimum absolute atomic E-state index is 0.0896. The van der Waals surface area contributed by atoms with E-state index in [-0.39, 0.29) is 24.4 Å². The number of rotatable bonds is 7. The third-order valence-corrected chi connectivity index (χ3v) is 4.41. The molecule has 2 amide bonds. The van der Waals surface area contributed by atoms with Crippen molar-refractivity contribution in [1.29, 1.82) is 0 Å². The molecule has 1 N–H and O–H groups in total. The third kappa shape index (κ3) is 4.99. The number of nitrogens with one attached hydrogen (secondary N) is 1. The molecule has 5 nitrogen and oxygen atoms in total. The Hall–Kier alpha value is -2.53. The van der Waals surface area contributed by atoms with Crippen molar-refractivity contribution in [2.45, 2.75) is 19.9 Å². The van der Waals surface area contributed by atoms with Crippen molar-refractivity contribution in [2.75, 3.05) is 20.2 Å². The van der Waals surface area contributed by atoms with Crippen LogP contribution in [0.5, 0.6) is 5.75 Å². The Morgan fingerprint density at radius 2 is 1.81 bits per heavy atom. The summed E-state index contributed by atoms with van der Waals surface area (Å²) in [4.78, 5) is 26.4. The van der Waals surface area contributed by atoms with E-state index in [9.17, 15) is 9.59 Å². The summed E-state index contributed by atoms with van der Waals surface area (Å²) in [6, 6.07) is 14.2. The third-order valence-electron chi connectivity index (χ3n) is 4.16. The van der Waals surface area contributed by atoms with Crippen LogP contribution in [0.1, 0.15) is 35.8 Å². The Bertz CT molecular complexity index is 762. The molecule has 26 heavy (non-hydrogen) atoms. The highest BCUT2D eigenvalue weighted by Crippen LogP contribution is 2.21. The van der Waals surface area contributed by atoms with Gasteiger partial charge in [0.25, 0.3) is 5.91 Å². The van der Waals surface area contributed by atoms with E-state index in [0.29, 0.717) is 22.9 Å². The number of para-hydroxylation sites is 1. The van der Waals surface area contributed by atoms with Crippen LogP contribution in [0.25, 0.3) is 0 Å². The fourth-order valence-corrected chi connectivity index (χ4v) is 2.62. The lowest BCUT2D eigenvalue weighted by Crippen LogP contribution is -2.39. The lowest BCUT2D eigenvalue weighted by atomic mass is 10.1. The zero-order valence-electron chi connectivity index (χ0n) is 15.2. The van der Waals surface area contributed by atoms with Gasteiger partial charge in [-0.3, -0.25) is 9.59 Å². The largest absolute Gasteiger partial charge is 0.493 e. The number of carbonyl (C=O) groups is 2. The van der Waals surface area contributed by atoms with Crippen molar-refractivity contribution < 1.29 is 14.3 Å². The number of nitrogens with zero attached hydrogens (tertiary/aromatic N) is 1. The molecule has 0 radical (unpaired) electrons. The number of halogens is 1. The summed E-state index contributed by atoms with van der Waals surface area (Å²) in [7, 11) is 1.71. The molecule has 0 saturated carbocycles. The predicted octanol–water partition coefficient (Wildman–Crippen LogP) is 3.69. The summed E-state index contributed by atoms with van der Waals surface area (Å²) >= 11 is 5.90. The molecule has 6 heteroatoms. The lowest BCUT2D eigenvalue weighted by Gasteiger charge is -2.25. The summed E-state index contributed by atoms with van der Waals surface area (Å²) < 4.78 is 5.45. The van der Waals surface area contributed by atoms with Crippen LogP contribution in [0.4, 0.5) is 0 Å². The summed E-state index contributed by atoms with van der Waals surface area (Å²) in [5.41, 5.74) is 1.38. The van der Waals surface area contributed by atoms with Gasteiger partial charge in [0.05, 0.1) is 24.8 Å². The molecule has 0 aliphatic carbocycles. The number of ether oxygens (including phenoxy) is 1. The Labute approximate surface area is 158 Å². The van der Waals surface area contributed by atoms with E-state index in [1.165, 1.54) is 0 Å². The molecular formula is C20H23ClN2O3. The van der Waals surface area contributed by atoms with E-state index >= 15 is 0 Å². The second kappa shape index (κ2) is 9.25. The topological polar surface area (TPSA) is 58.6 Å². The molecule has 0 heterocycles. The van der Waals surface area contributed by atoms with Crippen molar-refractivity contribution in [2.24, 2.45) is 0 Å². The SMILES string of the molecule is CCOc1ccccc1C(=O)NCC(=O)N(C)C(C)c1ccc(Cl)cc1. The Morgan fingerprint density at radius 1 is 1.15 bits per heavy atom. The molecule has 0 saturated heterocycles. The van der Waals surface area contributed by atoms with Gasteiger partial charge in [0.2, 0.25) is 5.91 Å². The van der Waals surface area contributed by atoms with E-state index < -0.39 is 0 Å². The zero-order valence-corrected chi connectivity index (χ0v) is 15.9.